The lowest BCUT2D eigenvalue weighted by atomic mass is 9.69. The minimum Gasteiger partial charge on any atom is -0.0622 e. The molecule has 54 heavy (non-hydrogen) atoms. The van der Waals surface area contributed by atoms with Crippen LogP contribution in [0.25, 0.3) is 0 Å². The monoisotopic (exact) mass is 757 g/mol. The minimum absolute atomic E-state index is 0.948. The third kappa shape index (κ3) is 16.7. The van der Waals surface area contributed by atoms with Gasteiger partial charge in [0.25, 0.3) is 0 Å². The van der Waals surface area contributed by atoms with E-state index < -0.39 is 0 Å². The smallest absolute Gasteiger partial charge is 0.0389 e. The van der Waals surface area contributed by atoms with Gasteiger partial charge in [-0.1, -0.05) is 222 Å². The molecule has 6 aliphatic carbocycles. The first-order valence-electron chi connectivity index (χ1n) is 25.0. The van der Waals surface area contributed by atoms with Gasteiger partial charge in [0.15, 0.2) is 0 Å². The molecule has 0 N–H and O–H groups in total. The predicted molar refractivity (Wildman–Crippen MR) is 248 cm³/mol. The Kier molecular flexibility index (Phi) is 24.5. The first kappa shape index (κ1) is 52.0. The van der Waals surface area contributed by atoms with Crippen molar-refractivity contribution < 1.29 is 0 Å². The van der Waals surface area contributed by atoms with E-state index in [1.54, 1.807) is 0 Å². The average Bonchev–Trinajstić information content (AvgIpc) is 3.73. The zero-order valence-electron chi connectivity index (χ0n) is 41.6. The Morgan fingerprint density at radius 1 is 0.130 bits per heavy atom. The number of rotatable bonds is 0. The van der Waals surface area contributed by atoms with Gasteiger partial charge in [-0.25, -0.2) is 0 Å². The van der Waals surface area contributed by atoms with Gasteiger partial charge >= 0.3 is 0 Å². The first-order chi connectivity index (χ1) is 25.0. The van der Waals surface area contributed by atoms with Gasteiger partial charge in [-0.15, -0.1) is 0 Å². The fraction of sp³-hybridized carbons (Fsp3) is 1.00. The van der Waals surface area contributed by atoms with E-state index in [0.717, 1.165) is 124 Å². The zero-order valence-corrected chi connectivity index (χ0v) is 41.6. The van der Waals surface area contributed by atoms with E-state index in [1.165, 1.54) is 77.0 Å². The van der Waals surface area contributed by atoms with Crippen LogP contribution in [-0.4, -0.2) is 0 Å². The molecule has 0 radical (unpaired) electrons. The SMILES string of the molecule is CC1CCC(C)C(C)C1C.CC1CCC(C)C(C)C1C.CC1CCC(C)C(C)C1C.CC1CCC(C)C1C.CC1CCC(C)C1C.CC1CCC(C)C1C. The van der Waals surface area contributed by atoms with E-state index in [2.05, 4.69) is 145 Å². The molecule has 0 spiro atoms. The van der Waals surface area contributed by atoms with Crippen LogP contribution < -0.4 is 0 Å². The van der Waals surface area contributed by atoms with Crippen molar-refractivity contribution in [3.63, 3.8) is 0 Å². The largest absolute Gasteiger partial charge is 0.0622 e. The molecule has 0 heterocycles. The maximum absolute atomic E-state index is 2.41. The molecule has 0 saturated heterocycles. The van der Waals surface area contributed by atoms with E-state index in [0.29, 0.717) is 0 Å². The normalized spacial score (nSPS) is 48.5. The van der Waals surface area contributed by atoms with Crippen molar-refractivity contribution in [1.82, 2.24) is 0 Å². The van der Waals surface area contributed by atoms with Crippen molar-refractivity contribution in [2.24, 2.45) is 124 Å². The number of hydrogen-bond donors (Lipinski definition) is 0. The van der Waals surface area contributed by atoms with Crippen LogP contribution in [0.5, 0.6) is 0 Å². The molecular formula is C54H108. The number of hydrogen-bond acceptors (Lipinski definition) is 0. The Morgan fingerprint density at radius 2 is 0.204 bits per heavy atom. The summed E-state index contributed by atoms with van der Waals surface area (Å²) in [5.41, 5.74) is 0. The summed E-state index contributed by atoms with van der Waals surface area (Å²) < 4.78 is 0. The molecule has 6 fully saturated rings. The molecule has 6 aliphatic rings. The average molecular weight is 757 g/mol. The van der Waals surface area contributed by atoms with Crippen LogP contribution in [0, 0.1) is 124 Å². The molecule has 324 valence electrons. The van der Waals surface area contributed by atoms with Crippen LogP contribution in [0.4, 0.5) is 0 Å². The molecule has 0 aromatic heterocycles. The molecule has 6 rings (SSSR count). The molecular weight excluding hydrogens is 649 g/mol. The van der Waals surface area contributed by atoms with E-state index in [9.17, 15) is 0 Å². The van der Waals surface area contributed by atoms with Crippen LogP contribution in [0.15, 0.2) is 0 Å². The Morgan fingerprint density at radius 3 is 0.278 bits per heavy atom. The quantitative estimate of drug-likeness (QED) is 0.231. The van der Waals surface area contributed by atoms with E-state index in [4.69, 9.17) is 0 Å². The topological polar surface area (TPSA) is 0 Å². The van der Waals surface area contributed by atoms with Gasteiger partial charge in [-0.3, -0.25) is 0 Å². The summed E-state index contributed by atoms with van der Waals surface area (Å²) in [5, 5.41) is 0. The third-order valence-corrected chi connectivity index (χ3v) is 19.7. The highest BCUT2D eigenvalue weighted by Crippen LogP contribution is 2.40. The van der Waals surface area contributed by atoms with Crippen molar-refractivity contribution in [1.29, 1.82) is 0 Å². The van der Waals surface area contributed by atoms with Gasteiger partial charge in [-0.05, 0) is 124 Å². The summed E-state index contributed by atoms with van der Waals surface area (Å²) in [6.07, 6.45) is 17.5. The van der Waals surface area contributed by atoms with Gasteiger partial charge in [0, 0.05) is 0 Å². The summed E-state index contributed by atoms with van der Waals surface area (Å²) >= 11 is 0. The highest BCUT2D eigenvalue weighted by atomic mass is 14.4. The van der Waals surface area contributed by atoms with Crippen LogP contribution in [0.1, 0.15) is 222 Å². The van der Waals surface area contributed by atoms with Gasteiger partial charge in [0.05, 0.1) is 0 Å². The molecule has 0 aliphatic heterocycles. The zero-order chi connectivity index (χ0) is 41.6. The molecule has 0 amide bonds. The molecule has 0 heteroatoms. The Bertz CT molecular complexity index is 743. The molecule has 18 atom stereocenters. The summed E-state index contributed by atoms with van der Waals surface area (Å²) in [4.78, 5) is 0. The van der Waals surface area contributed by atoms with Gasteiger partial charge in [0.2, 0.25) is 0 Å². The van der Waals surface area contributed by atoms with Crippen molar-refractivity contribution >= 4 is 0 Å². The lowest BCUT2D eigenvalue weighted by Gasteiger charge is -2.36. The first-order valence-corrected chi connectivity index (χ1v) is 25.0. The van der Waals surface area contributed by atoms with Crippen LogP contribution >= 0.6 is 0 Å². The Hall–Kier alpha value is 0. The van der Waals surface area contributed by atoms with Gasteiger partial charge in [0.1, 0.15) is 0 Å². The molecule has 0 aromatic rings. The fourth-order valence-corrected chi connectivity index (χ4v) is 11.1. The second kappa shape index (κ2) is 25.5. The summed E-state index contributed by atoms with van der Waals surface area (Å²) in [5.74, 6) is 20.4. The highest BCUT2D eigenvalue weighted by Gasteiger charge is 2.31. The fourth-order valence-electron chi connectivity index (χ4n) is 11.1. The van der Waals surface area contributed by atoms with Crippen molar-refractivity contribution in [2.45, 2.75) is 222 Å². The van der Waals surface area contributed by atoms with E-state index in [-0.39, 0.29) is 0 Å². The summed E-state index contributed by atoms with van der Waals surface area (Å²) in [7, 11) is 0. The van der Waals surface area contributed by atoms with Crippen LogP contribution in [0.3, 0.4) is 0 Å². The molecule has 0 nitrogen and oxygen atoms in total. The minimum atomic E-state index is 0.948. The predicted octanol–water partition coefficient (Wildman–Crippen LogP) is 18.0. The Labute approximate surface area is 345 Å². The van der Waals surface area contributed by atoms with Crippen molar-refractivity contribution in [2.75, 3.05) is 0 Å². The molecule has 0 bridgehead atoms. The maximum atomic E-state index is 2.41. The second-order valence-electron chi connectivity index (χ2n) is 22.9. The highest BCUT2D eigenvalue weighted by molar-refractivity contribution is 4.81. The van der Waals surface area contributed by atoms with E-state index >= 15 is 0 Å². The second-order valence-corrected chi connectivity index (χ2v) is 22.9. The maximum Gasteiger partial charge on any atom is -0.0389 e. The van der Waals surface area contributed by atoms with E-state index in [1.807, 2.05) is 0 Å². The van der Waals surface area contributed by atoms with Crippen LogP contribution in [0.2, 0.25) is 0 Å². The standard InChI is InChI=1S/3C10H20.3C8H16/c3*1-7-5-6-8(2)10(4)9(7)3;3*1-6-4-5-7(2)8(6)3/h3*7-10H,5-6H2,1-4H3;3*6-8H,4-5H2,1-3H3. The lowest BCUT2D eigenvalue weighted by Crippen LogP contribution is -2.27. The van der Waals surface area contributed by atoms with Gasteiger partial charge in [-0.2, -0.15) is 0 Å². The lowest BCUT2D eigenvalue weighted by molar-refractivity contribution is 0.137. The Balaban J connectivity index is 0.000000325. The third-order valence-electron chi connectivity index (χ3n) is 19.7. The van der Waals surface area contributed by atoms with Crippen molar-refractivity contribution in [3.8, 4) is 0 Å². The summed E-state index contributed by atoms with van der Waals surface area (Å²) in [6.45, 7) is 50.2. The van der Waals surface area contributed by atoms with Crippen molar-refractivity contribution in [3.05, 3.63) is 0 Å². The van der Waals surface area contributed by atoms with Crippen LogP contribution in [-0.2, 0) is 0 Å². The molecule has 18 unspecified atom stereocenters. The summed E-state index contributed by atoms with van der Waals surface area (Å²) in [6, 6.07) is 0. The molecule has 0 aromatic carbocycles. The van der Waals surface area contributed by atoms with Gasteiger partial charge < -0.3 is 0 Å². The molecule has 6 saturated carbocycles.